The fourth-order valence-electron chi connectivity index (χ4n) is 2.57. The van der Waals surface area contributed by atoms with E-state index in [4.69, 9.17) is 5.73 Å². The molecule has 1 aliphatic rings. The molecule has 1 aromatic rings. The van der Waals surface area contributed by atoms with Crippen LogP contribution in [0.4, 0.5) is 5.69 Å². The van der Waals surface area contributed by atoms with E-state index in [1.165, 1.54) is 12.8 Å². The van der Waals surface area contributed by atoms with E-state index in [1.807, 2.05) is 6.07 Å². The number of pyridine rings is 1. The first-order chi connectivity index (χ1) is 9.20. The Morgan fingerprint density at radius 2 is 2.47 bits per heavy atom. The molecule has 0 spiro atoms. The lowest BCUT2D eigenvalue weighted by atomic mass is 9.97. The summed E-state index contributed by atoms with van der Waals surface area (Å²) in [6.07, 6.45) is 4.10. The van der Waals surface area contributed by atoms with Crippen LogP contribution in [-0.2, 0) is 0 Å². The Kier molecular flexibility index (Phi) is 4.74. The number of carbonyl (C=O) groups is 1. The number of rotatable bonds is 5. The van der Waals surface area contributed by atoms with E-state index in [2.05, 4.69) is 22.1 Å². The van der Waals surface area contributed by atoms with Crippen LogP contribution in [0.5, 0.6) is 0 Å². The van der Waals surface area contributed by atoms with Crippen molar-refractivity contribution in [1.29, 1.82) is 0 Å². The molecular formula is C14H22N4O. The van der Waals surface area contributed by atoms with Crippen molar-refractivity contribution in [2.24, 2.45) is 11.7 Å². The number of nitrogens with zero attached hydrogens (tertiary/aromatic N) is 2. The van der Waals surface area contributed by atoms with Gasteiger partial charge in [-0.15, -0.1) is 0 Å². The Morgan fingerprint density at radius 1 is 1.63 bits per heavy atom. The smallest absolute Gasteiger partial charge is 0.267 e. The van der Waals surface area contributed by atoms with Gasteiger partial charge < -0.3 is 16.0 Å². The molecule has 1 atom stereocenters. The SMILES string of the molecule is CCNCC1CCCN(c2ccnc(C(N)=O)c2)C1. The number of anilines is 1. The molecule has 1 aliphatic heterocycles. The fraction of sp³-hybridized carbons (Fsp3) is 0.571. The van der Waals surface area contributed by atoms with E-state index in [9.17, 15) is 4.79 Å². The predicted octanol–water partition coefficient (Wildman–Crippen LogP) is 1.01. The molecule has 5 heteroatoms. The van der Waals surface area contributed by atoms with E-state index >= 15 is 0 Å². The second-order valence-electron chi connectivity index (χ2n) is 5.03. The maximum absolute atomic E-state index is 11.2. The van der Waals surface area contributed by atoms with Crippen molar-refractivity contribution in [2.75, 3.05) is 31.1 Å². The minimum Gasteiger partial charge on any atom is -0.371 e. The molecule has 0 bridgehead atoms. The van der Waals surface area contributed by atoms with E-state index in [-0.39, 0.29) is 0 Å². The van der Waals surface area contributed by atoms with Crippen molar-refractivity contribution in [1.82, 2.24) is 10.3 Å². The molecular weight excluding hydrogens is 240 g/mol. The Morgan fingerprint density at radius 3 is 3.21 bits per heavy atom. The molecule has 1 saturated heterocycles. The summed E-state index contributed by atoms with van der Waals surface area (Å²) >= 11 is 0. The lowest BCUT2D eigenvalue weighted by molar-refractivity contribution is 0.0995. The maximum Gasteiger partial charge on any atom is 0.267 e. The van der Waals surface area contributed by atoms with Crippen LogP contribution in [0.15, 0.2) is 18.3 Å². The molecule has 2 rings (SSSR count). The van der Waals surface area contributed by atoms with Crippen molar-refractivity contribution in [3.63, 3.8) is 0 Å². The summed E-state index contributed by atoms with van der Waals surface area (Å²) in [4.78, 5) is 17.5. The minimum absolute atomic E-state index is 0.339. The van der Waals surface area contributed by atoms with Gasteiger partial charge in [-0.1, -0.05) is 6.92 Å². The van der Waals surface area contributed by atoms with Gasteiger partial charge in [0.15, 0.2) is 0 Å². The van der Waals surface area contributed by atoms with Gasteiger partial charge >= 0.3 is 0 Å². The van der Waals surface area contributed by atoms with Crippen LogP contribution in [0.25, 0.3) is 0 Å². The Hall–Kier alpha value is -1.62. The number of amides is 1. The first-order valence-electron chi connectivity index (χ1n) is 6.92. The van der Waals surface area contributed by atoms with Gasteiger partial charge in [0, 0.05) is 25.0 Å². The van der Waals surface area contributed by atoms with Gasteiger partial charge in [-0.3, -0.25) is 9.78 Å². The first kappa shape index (κ1) is 13.8. The third kappa shape index (κ3) is 3.67. The molecule has 19 heavy (non-hydrogen) atoms. The highest BCUT2D eigenvalue weighted by atomic mass is 16.1. The van der Waals surface area contributed by atoms with Gasteiger partial charge in [0.05, 0.1) is 0 Å². The van der Waals surface area contributed by atoms with Crippen molar-refractivity contribution < 1.29 is 4.79 Å². The highest BCUT2D eigenvalue weighted by Gasteiger charge is 2.20. The number of carbonyl (C=O) groups excluding carboxylic acids is 1. The number of hydrogen-bond donors (Lipinski definition) is 2. The third-order valence-electron chi connectivity index (χ3n) is 3.56. The van der Waals surface area contributed by atoms with E-state index in [1.54, 1.807) is 12.3 Å². The molecule has 1 aromatic heterocycles. The molecule has 0 radical (unpaired) electrons. The summed E-state index contributed by atoms with van der Waals surface area (Å²) < 4.78 is 0. The van der Waals surface area contributed by atoms with Gasteiger partial charge in [0.1, 0.15) is 5.69 Å². The predicted molar refractivity (Wildman–Crippen MR) is 76.2 cm³/mol. The van der Waals surface area contributed by atoms with Gasteiger partial charge in [-0.2, -0.15) is 0 Å². The van der Waals surface area contributed by atoms with Gasteiger partial charge in [0.25, 0.3) is 5.91 Å². The maximum atomic E-state index is 11.2. The average Bonchev–Trinajstić information content (AvgIpc) is 2.45. The first-order valence-corrected chi connectivity index (χ1v) is 6.92. The van der Waals surface area contributed by atoms with Crippen LogP contribution >= 0.6 is 0 Å². The van der Waals surface area contributed by atoms with E-state index in [0.717, 1.165) is 31.9 Å². The van der Waals surface area contributed by atoms with Crippen LogP contribution in [0.1, 0.15) is 30.3 Å². The number of piperidine rings is 1. The summed E-state index contributed by atoms with van der Waals surface area (Å²) in [5, 5.41) is 3.41. The van der Waals surface area contributed by atoms with Gasteiger partial charge in [-0.05, 0) is 44.0 Å². The molecule has 1 fully saturated rings. The van der Waals surface area contributed by atoms with Crippen molar-refractivity contribution in [2.45, 2.75) is 19.8 Å². The van der Waals surface area contributed by atoms with Crippen LogP contribution in [0.3, 0.4) is 0 Å². The van der Waals surface area contributed by atoms with Crippen molar-refractivity contribution in [3.05, 3.63) is 24.0 Å². The van der Waals surface area contributed by atoms with Crippen molar-refractivity contribution in [3.8, 4) is 0 Å². The van der Waals surface area contributed by atoms with Crippen molar-refractivity contribution >= 4 is 11.6 Å². The third-order valence-corrected chi connectivity index (χ3v) is 3.56. The van der Waals surface area contributed by atoms with Gasteiger partial charge in [0.2, 0.25) is 0 Å². The zero-order valence-electron chi connectivity index (χ0n) is 11.4. The molecule has 0 saturated carbocycles. The number of nitrogens with two attached hydrogens (primary N) is 1. The van der Waals surface area contributed by atoms with Gasteiger partial charge in [-0.25, -0.2) is 0 Å². The number of nitrogens with one attached hydrogen (secondary N) is 1. The molecule has 104 valence electrons. The number of hydrogen-bond acceptors (Lipinski definition) is 4. The number of aromatic nitrogens is 1. The largest absolute Gasteiger partial charge is 0.371 e. The highest BCUT2D eigenvalue weighted by molar-refractivity contribution is 5.91. The Bertz CT molecular complexity index is 435. The standard InChI is InChI=1S/C14H22N4O/c1-2-16-9-11-4-3-7-18(10-11)12-5-6-17-13(8-12)14(15)19/h5-6,8,11,16H,2-4,7,9-10H2,1H3,(H2,15,19). The summed E-state index contributed by atoms with van der Waals surface area (Å²) in [6, 6.07) is 3.74. The lowest BCUT2D eigenvalue weighted by Gasteiger charge is -2.34. The van der Waals surface area contributed by atoms with E-state index < -0.39 is 5.91 Å². The van der Waals surface area contributed by atoms with Crippen LogP contribution < -0.4 is 16.0 Å². The average molecular weight is 262 g/mol. The molecule has 5 nitrogen and oxygen atoms in total. The molecule has 3 N–H and O–H groups in total. The molecule has 0 aliphatic carbocycles. The molecule has 1 amide bonds. The molecule has 1 unspecified atom stereocenters. The summed E-state index contributed by atoms with van der Waals surface area (Å²) in [5.41, 5.74) is 6.66. The minimum atomic E-state index is -0.469. The summed E-state index contributed by atoms with van der Waals surface area (Å²) in [6.45, 7) is 6.25. The second-order valence-corrected chi connectivity index (χ2v) is 5.03. The highest BCUT2D eigenvalue weighted by Crippen LogP contribution is 2.23. The topological polar surface area (TPSA) is 71.2 Å². The summed E-state index contributed by atoms with van der Waals surface area (Å²) in [5.74, 6) is 0.196. The second kappa shape index (κ2) is 6.52. The Labute approximate surface area is 114 Å². The fourth-order valence-corrected chi connectivity index (χ4v) is 2.57. The molecule has 2 heterocycles. The lowest BCUT2D eigenvalue weighted by Crippen LogP contribution is -2.39. The monoisotopic (exact) mass is 262 g/mol. The molecule has 0 aromatic carbocycles. The van der Waals surface area contributed by atoms with Crippen LogP contribution in [0, 0.1) is 5.92 Å². The van der Waals surface area contributed by atoms with Crippen LogP contribution in [0.2, 0.25) is 0 Å². The normalized spacial score (nSPS) is 19.4. The summed E-state index contributed by atoms with van der Waals surface area (Å²) in [7, 11) is 0. The quantitative estimate of drug-likeness (QED) is 0.830. The number of primary amides is 1. The zero-order chi connectivity index (χ0) is 13.7. The zero-order valence-corrected chi connectivity index (χ0v) is 11.4. The van der Waals surface area contributed by atoms with Crippen LogP contribution in [-0.4, -0.2) is 37.1 Å². The van der Waals surface area contributed by atoms with E-state index in [0.29, 0.717) is 11.6 Å². The Balaban J connectivity index is 2.04.